The largest absolute Gasteiger partial charge is 0.323 e. The van der Waals surface area contributed by atoms with Gasteiger partial charge >= 0.3 is 0 Å². The van der Waals surface area contributed by atoms with Crippen molar-refractivity contribution in [3.8, 4) is 0 Å². The van der Waals surface area contributed by atoms with Crippen molar-refractivity contribution >= 4 is 34.1 Å². The summed E-state index contributed by atoms with van der Waals surface area (Å²) < 4.78 is 26.8. The van der Waals surface area contributed by atoms with Gasteiger partial charge in [-0.1, -0.05) is 30.3 Å². The van der Waals surface area contributed by atoms with Crippen LogP contribution in [0.2, 0.25) is 0 Å². The molecule has 1 N–H and O–H groups in total. The highest BCUT2D eigenvalue weighted by molar-refractivity contribution is 8.00. The number of nitrogens with one attached hydrogen (secondary N) is 1. The molecular weight excluding hydrogens is 328 g/mol. The van der Waals surface area contributed by atoms with Crippen molar-refractivity contribution in [3.05, 3.63) is 72.3 Å². The van der Waals surface area contributed by atoms with Gasteiger partial charge in [-0.2, -0.15) is 0 Å². The van der Waals surface area contributed by atoms with Crippen LogP contribution >= 0.6 is 11.8 Å². The Balaban J connectivity index is 1.72. The zero-order valence-electron chi connectivity index (χ0n) is 12.9. The van der Waals surface area contributed by atoms with Crippen LogP contribution in [0.1, 0.15) is 6.92 Å². The monoisotopic (exact) mass is 343 g/mol. The van der Waals surface area contributed by atoms with E-state index in [9.17, 15) is 13.6 Å². The minimum Gasteiger partial charge on any atom is -0.323 e. The summed E-state index contributed by atoms with van der Waals surface area (Å²) in [6.45, 7) is 1.73. The molecule has 2 nitrogen and oxygen atoms in total. The maximum Gasteiger partial charge on any atom is 0.237 e. The van der Waals surface area contributed by atoms with E-state index in [4.69, 9.17) is 0 Å². The number of halogens is 2. The fourth-order valence-electron chi connectivity index (χ4n) is 2.33. The lowest BCUT2D eigenvalue weighted by Gasteiger charge is -2.13. The van der Waals surface area contributed by atoms with Crippen LogP contribution in [0.5, 0.6) is 0 Å². The van der Waals surface area contributed by atoms with Crippen LogP contribution in [0.15, 0.2) is 65.6 Å². The van der Waals surface area contributed by atoms with E-state index in [-0.39, 0.29) is 11.6 Å². The first-order valence-corrected chi connectivity index (χ1v) is 8.32. The topological polar surface area (TPSA) is 29.1 Å². The van der Waals surface area contributed by atoms with E-state index >= 15 is 0 Å². The molecule has 1 atom stereocenters. The zero-order chi connectivity index (χ0) is 17.1. The fourth-order valence-corrected chi connectivity index (χ4v) is 3.24. The first kappa shape index (κ1) is 16.5. The SMILES string of the molecule is C[C@@H](Sc1ccc2ccccc2c1)C(=O)Nc1cc(F)ccc1F. The van der Waals surface area contributed by atoms with Gasteiger partial charge in [0.2, 0.25) is 5.91 Å². The number of thioether (sulfide) groups is 1. The molecule has 0 fully saturated rings. The predicted molar refractivity (Wildman–Crippen MR) is 94.3 cm³/mol. The number of amides is 1. The highest BCUT2D eigenvalue weighted by atomic mass is 32.2. The summed E-state index contributed by atoms with van der Waals surface area (Å²) in [6, 6.07) is 16.9. The van der Waals surface area contributed by atoms with Gasteiger partial charge < -0.3 is 5.32 Å². The molecule has 0 radical (unpaired) electrons. The van der Waals surface area contributed by atoms with E-state index in [1.54, 1.807) is 6.92 Å². The molecule has 24 heavy (non-hydrogen) atoms. The number of hydrogen-bond acceptors (Lipinski definition) is 2. The first-order valence-electron chi connectivity index (χ1n) is 7.44. The second kappa shape index (κ2) is 7.01. The van der Waals surface area contributed by atoms with Gasteiger partial charge in [0, 0.05) is 11.0 Å². The summed E-state index contributed by atoms with van der Waals surface area (Å²) in [5.41, 5.74) is -0.147. The number of anilines is 1. The van der Waals surface area contributed by atoms with E-state index < -0.39 is 16.9 Å². The van der Waals surface area contributed by atoms with Crippen LogP contribution in [-0.2, 0) is 4.79 Å². The summed E-state index contributed by atoms with van der Waals surface area (Å²) in [6.07, 6.45) is 0. The van der Waals surface area contributed by atoms with Crippen molar-refractivity contribution in [2.24, 2.45) is 0 Å². The molecule has 0 aromatic heterocycles. The van der Waals surface area contributed by atoms with Crippen LogP contribution in [0.3, 0.4) is 0 Å². The minimum atomic E-state index is -0.660. The Bertz CT molecular complexity index is 897. The number of carbonyl (C=O) groups is 1. The third kappa shape index (κ3) is 3.74. The Morgan fingerprint density at radius 2 is 1.75 bits per heavy atom. The standard InChI is InChI=1S/C19H15F2NOS/c1-12(19(23)22-18-11-15(20)7-9-17(18)21)24-16-8-6-13-4-2-3-5-14(13)10-16/h2-12H,1H3,(H,22,23)/t12-/m1/s1. The Morgan fingerprint density at radius 1 is 1.00 bits per heavy atom. The van der Waals surface area contributed by atoms with Crippen LogP contribution in [0, 0.1) is 11.6 Å². The normalized spacial score (nSPS) is 12.1. The van der Waals surface area contributed by atoms with Crippen molar-refractivity contribution in [2.45, 2.75) is 17.1 Å². The van der Waals surface area contributed by atoms with E-state index in [1.165, 1.54) is 11.8 Å². The number of carbonyl (C=O) groups excluding carboxylic acids is 1. The lowest BCUT2D eigenvalue weighted by Crippen LogP contribution is -2.23. The van der Waals surface area contributed by atoms with Gasteiger partial charge in [-0.15, -0.1) is 11.8 Å². The van der Waals surface area contributed by atoms with Crippen molar-refractivity contribution in [1.82, 2.24) is 0 Å². The molecule has 0 saturated carbocycles. The Labute approximate surface area is 142 Å². The molecule has 0 aliphatic rings. The third-order valence-electron chi connectivity index (χ3n) is 3.59. The molecule has 0 bridgehead atoms. The van der Waals surface area contributed by atoms with Gasteiger partial charge in [0.15, 0.2) is 0 Å². The average molecular weight is 343 g/mol. The van der Waals surface area contributed by atoms with Crippen LogP contribution in [-0.4, -0.2) is 11.2 Å². The molecule has 3 aromatic rings. The van der Waals surface area contributed by atoms with E-state index in [0.29, 0.717) is 0 Å². The Morgan fingerprint density at radius 3 is 2.54 bits per heavy atom. The molecule has 1 amide bonds. The van der Waals surface area contributed by atoms with Crippen molar-refractivity contribution < 1.29 is 13.6 Å². The van der Waals surface area contributed by atoms with Gasteiger partial charge in [-0.05, 0) is 42.0 Å². The molecule has 0 aliphatic heterocycles. The van der Waals surface area contributed by atoms with Crippen molar-refractivity contribution in [1.29, 1.82) is 0 Å². The van der Waals surface area contributed by atoms with Crippen LogP contribution < -0.4 is 5.32 Å². The van der Waals surface area contributed by atoms with E-state index in [1.807, 2.05) is 42.5 Å². The number of benzene rings is 3. The second-order valence-corrected chi connectivity index (χ2v) is 6.80. The van der Waals surface area contributed by atoms with Gasteiger partial charge in [-0.25, -0.2) is 8.78 Å². The summed E-state index contributed by atoms with van der Waals surface area (Å²) in [5, 5.41) is 4.20. The number of hydrogen-bond donors (Lipinski definition) is 1. The van der Waals surface area contributed by atoms with Crippen molar-refractivity contribution in [3.63, 3.8) is 0 Å². The predicted octanol–water partition coefficient (Wildman–Crippen LogP) is 5.24. The van der Waals surface area contributed by atoms with Gasteiger partial charge in [0.25, 0.3) is 0 Å². The molecule has 122 valence electrons. The number of rotatable bonds is 4. The molecule has 0 heterocycles. The second-order valence-electron chi connectivity index (χ2n) is 5.38. The maximum atomic E-state index is 13.6. The molecule has 0 saturated heterocycles. The molecule has 0 unspecified atom stereocenters. The summed E-state index contributed by atoms with van der Waals surface area (Å²) in [4.78, 5) is 13.2. The Kier molecular flexibility index (Phi) is 4.81. The summed E-state index contributed by atoms with van der Waals surface area (Å²) >= 11 is 1.37. The van der Waals surface area contributed by atoms with Crippen LogP contribution in [0.4, 0.5) is 14.5 Å². The number of fused-ring (bicyclic) bond motifs is 1. The summed E-state index contributed by atoms with van der Waals surface area (Å²) in [5.74, 6) is -1.63. The third-order valence-corrected chi connectivity index (χ3v) is 4.68. The fraction of sp³-hybridized carbons (Fsp3) is 0.105. The van der Waals surface area contributed by atoms with Crippen LogP contribution in [0.25, 0.3) is 10.8 Å². The smallest absolute Gasteiger partial charge is 0.237 e. The molecular formula is C19H15F2NOS. The summed E-state index contributed by atoms with van der Waals surface area (Å²) in [7, 11) is 0. The molecule has 5 heteroatoms. The van der Waals surface area contributed by atoms with E-state index in [2.05, 4.69) is 5.32 Å². The quantitative estimate of drug-likeness (QED) is 0.657. The van der Waals surface area contributed by atoms with Gasteiger partial charge in [0.1, 0.15) is 11.6 Å². The lowest BCUT2D eigenvalue weighted by molar-refractivity contribution is -0.115. The lowest BCUT2D eigenvalue weighted by atomic mass is 10.1. The molecule has 0 spiro atoms. The molecule has 3 rings (SSSR count). The molecule has 0 aliphatic carbocycles. The highest BCUT2D eigenvalue weighted by Gasteiger charge is 2.16. The maximum absolute atomic E-state index is 13.6. The zero-order valence-corrected chi connectivity index (χ0v) is 13.7. The van der Waals surface area contributed by atoms with Crippen molar-refractivity contribution in [2.75, 3.05) is 5.32 Å². The van der Waals surface area contributed by atoms with E-state index in [0.717, 1.165) is 33.9 Å². The first-order chi connectivity index (χ1) is 11.5. The average Bonchev–Trinajstić information content (AvgIpc) is 2.58. The highest BCUT2D eigenvalue weighted by Crippen LogP contribution is 2.28. The minimum absolute atomic E-state index is 0.147. The molecule has 3 aromatic carbocycles. The Hall–Kier alpha value is -2.40. The van der Waals surface area contributed by atoms with Gasteiger partial charge in [-0.3, -0.25) is 4.79 Å². The van der Waals surface area contributed by atoms with Gasteiger partial charge in [0.05, 0.1) is 10.9 Å².